The first-order valence-electron chi connectivity index (χ1n) is 6.12. The van der Waals surface area contributed by atoms with Crippen molar-refractivity contribution in [3.63, 3.8) is 0 Å². The third-order valence-electron chi connectivity index (χ3n) is 3.13. The molecule has 0 aromatic heterocycles. The molecule has 0 aliphatic carbocycles. The van der Waals surface area contributed by atoms with E-state index in [0.29, 0.717) is 0 Å². The molecule has 5 heteroatoms. The van der Waals surface area contributed by atoms with Crippen molar-refractivity contribution in [3.05, 3.63) is 28.2 Å². The van der Waals surface area contributed by atoms with Gasteiger partial charge in [0.25, 0.3) is 0 Å². The van der Waals surface area contributed by atoms with E-state index >= 15 is 0 Å². The first kappa shape index (κ1) is 13.8. The fourth-order valence-corrected chi connectivity index (χ4v) is 2.66. The molecule has 100 valence electrons. The molecule has 2 rings (SSSR count). The molecule has 3 N–H and O–H groups in total. The zero-order chi connectivity index (χ0) is 13.0. The molecule has 2 unspecified atom stereocenters. The van der Waals surface area contributed by atoms with E-state index in [9.17, 15) is 0 Å². The zero-order valence-corrected chi connectivity index (χ0v) is 12.1. The number of morpholine rings is 1. The predicted molar refractivity (Wildman–Crippen MR) is 74.8 cm³/mol. The SMILES string of the molecule is COc1ccc(C(N)CC2CNCCO2)cc1Br. The van der Waals surface area contributed by atoms with Crippen molar-refractivity contribution in [2.24, 2.45) is 5.73 Å². The second-order valence-electron chi connectivity index (χ2n) is 4.43. The Bertz CT molecular complexity index is 395. The van der Waals surface area contributed by atoms with Crippen LogP contribution in [0.2, 0.25) is 0 Å². The van der Waals surface area contributed by atoms with Crippen molar-refractivity contribution in [1.29, 1.82) is 0 Å². The van der Waals surface area contributed by atoms with Gasteiger partial charge in [-0.1, -0.05) is 6.07 Å². The summed E-state index contributed by atoms with van der Waals surface area (Å²) in [5.74, 6) is 0.821. The van der Waals surface area contributed by atoms with Crippen molar-refractivity contribution in [1.82, 2.24) is 5.32 Å². The number of methoxy groups -OCH3 is 1. The minimum Gasteiger partial charge on any atom is -0.496 e. The summed E-state index contributed by atoms with van der Waals surface area (Å²) in [6.07, 6.45) is 1.03. The van der Waals surface area contributed by atoms with Gasteiger partial charge in [-0.3, -0.25) is 0 Å². The Labute approximate surface area is 116 Å². The average molecular weight is 315 g/mol. The number of hydrogen-bond donors (Lipinski definition) is 2. The number of benzene rings is 1. The smallest absolute Gasteiger partial charge is 0.133 e. The zero-order valence-electron chi connectivity index (χ0n) is 10.5. The van der Waals surface area contributed by atoms with E-state index in [4.69, 9.17) is 15.2 Å². The van der Waals surface area contributed by atoms with Gasteiger partial charge in [-0.05, 0) is 40.0 Å². The minimum absolute atomic E-state index is 0.0166. The second-order valence-corrected chi connectivity index (χ2v) is 5.29. The fraction of sp³-hybridized carbons (Fsp3) is 0.538. The lowest BCUT2D eigenvalue weighted by Gasteiger charge is -2.26. The molecule has 0 radical (unpaired) electrons. The van der Waals surface area contributed by atoms with E-state index in [1.54, 1.807) is 7.11 Å². The van der Waals surface area contributed by atoms with Crippen LogP contribution in [0, 0.1) is 0 Å². The van der Waals surface area contributed by atoms with Crippen molar-refractivity contribution in [2.45, 2.75) is 18.6 Å². The van der Waals surface area contributed by atoms with E-state index in [-0.39, 0.29) is 12.1 Å². The Hall–Kier alpha value is -0.620. The molecule has 1 aromatic rings. The standard InChI is InChI=1S/C13H19BrN2O2/c1-17-13-3-2-9(6-11(13)14)12(15)7-10-8-16-4-5-18-10/h2-3,6,10,12,16H,4-5,7-8,15H2,1H3. The van der Waals surface area contributed by atoms with Crippen molar-refractivity contribution < 1.29 is 9.47 Å². The van der Waals surface area contributed by atoms with Gasteiger partial charge in [0.2, 0.25) is 0 Å². The summed E-state index contributed by atoms with van der Waals surface area (Å²) in [5, 5.41) is 3.31. The summed E-state index contributed by atoms with van der Waals surface area (Å²) in [4.78, 5) is 0. The highest BCUT2D eigenvalue weighted by molar-refractivity contribution is 9.10. The summed E-state index contributed by atoms with van der Waals surface area (Å²) in [6, 6.07) is 5.93. The molecule has 0 saturated carbocycles. The number of hydrogen-bond acceptors (Lipinski definition) is 4. The maximum atomic E-state index is 6.22. The van der Waals surface area contributed by atoms with Crippen molar-refractivity contribution >= 4 is 15.9 Å². The van der Waals surface area contributed by atoms with E-state index in [2.05, 4.69) is 21.2 Å². The molecule has 1 aliphatic heterocycles. The van der Waals surface area contributed by atoms with Crippen LogP contribution < -0.4 is 15.8 Å². The predicted octanol–water partition coefficient (Wildman–Crippen LogP) is 1.84. The summed E-state index contributed by atoms with van der Waals surface area (Å²) in [5.41, 5.74) is 7.31. The molecule has 1 fully saturated rings. The van der Waals surface area contributed by atoms with Gasteiger partial charge in [-0.2, -0.15) is 0 Å². The Balaban J connectivity index is 1.99. The Morgan fingerprint density at radius 3 is 3.06 bits per heavy atom. The molecular weight excluding hydrogens is 296 g/mol. The molecule has 1 saturated heterocycles. The minimum atomic E-state index is -0.0166. The normalized spacial score (nSPS) is 21.6. The molecule has 0 spiro atoms. The largest absolute Gasteiger partial charge is 0.496 e. The maximum absolute atomic E-state index is 6.22. The van der Waals surface area contributed by atoms with Gasteiger partial charge < -0.3 is 20.5 Å². The van der Waals surface area contributed by atoms with E-state index in [0.717, 1.165) is 41.9 Å². The molecule has 1 aromatic carbocycles. The van der Waals surface area contributed by atoms with Crippen LogP contribution in [0.3, 0.4) is 0 Å². The molecule has 2 atom stereocenters. The van der Waals surface area contributed by atoms with Gasteiger partial charge in [-0.25, -0.2) is 0 Å². The molecule has 18 heavy (non-hydrogen) atoms. The third kappa shape index (κ3) is 3.45. The van der Waals surface area contributed by atoms with Crippen molar-refractivity contribution in [2.75, 3.05) is 26.8 Å². The van der Waals surface area contributed by atoms with Crippen LogP contribution >= 0.6 is 15.9 Å². The highest BCUT2D eigenvalue weighted by atomic mass is 79.9. The average Bonchev–Trinajstić information content (AvgIpc) is 2.39. The quantitative estimate of drug-likeness (QED) is 0.890. The van der Waals surface area contributed by atoms with Crippen LogP contribution in [-0.2, 0) is 4.74 Å². The van der Waals surface area contributed by atoms with Crippen LogP contribution in [0.25, 0.3) is 0 Å². The van der Waals surface area contributed by atoms with Gasteiger partial charge in [-0.15, -0.1) is 0 Å². The number of halogens is 1. The van der Waals surface area contributed by atoms with Gasteiger partial charge in [0.1, 0.15) is 5.75 Å². The van der Waals surface area contributed by atoms with E-state index in [1.807, 2.05) is 18.2 Å². The monoisotopic (exact) mass is 314 g/mol. The lowest BCUT2D eigenvalue weighted by atomic mass is 10.0. The molecule has 0 amide bonds. The maximum Gasteiger partial charge on any atom is 0.133 e. The van der Waals surface area contributed by atoms with E-state index in [1.165, 1.54) is 0 Å². The first-order chi connectivity index (χ1) is 8.70. The Morgan fingerprint density at radius 1 is 1.61 bits per heavy atom. The number of rotatable bonds is 4. The van der Waals surface area contributed by atoms with Crippen molar-refractivity contribution in [3.8, 4) is 5.75 Å². The molecule has 1 aliphatic rings. The molecule has 0 bridgehead atoms. The molecule has 4 nitrogen and oxygen atoms in total. The highest BCUT2D eigenvalue weighted by Crippen LogP contribution is 2.29. The summed E-state index contributed by atoms with van der Waals surface area (Å²) < 4.78 is 11.8. The van der Waals surface area contributed by atoms with Gasteiger partial charge in [0.15, 0.2) is 0 Å². The topological polar surface area (TPSA) is 56.5 Å². The van der Waals surface area contributed by atoms with Gasteiger partial charge in [0.05, 0.1) is 24.3 Å². The second kappa shape index (κ2) is 6.52. The number of ether oxygens (including phenoxy) is 2. The number of nitrogens with one attached hydrogen (secondary N) is 1. The molecular formula is C13H19BrN2O2. The van der Waals surface area contributed by atoms with Crippen LogP contribution in [0.1, 0.15) is 18.0 Å². The van der Waals surface area contributed by atoms with Crippen LogP contribution in [0.5, 0.6) is 5.75 Å². The lowest BCUT2D eigenvalue weighted by Crippen LogP contribution is -2.40. The van der Waals surface area contributed by atoms with Crippen LogP contribution in [0.4, 0.5) is 0 Å². The summed E-state index contributed by atoms with van der Waals surface area (Å²) in [7, 11) is 1.65. The Kier molecular flexibility index (Phi) is 5.00. The summed E-state index contributed by atoms with van der Waals surface area (Å²) in [6.45, 7) is 2.58. The van der Waals surface area contributed by atoms with Crippen LogP contribution in [0.15, 0.2) is 22.7 Å². The highest BCUT2D eigenvalue weighted by Gasteiger charge is 2.18. The fourth-order valence-electron chi connectivity index (χ4n) is 2.10. The number of nitrogens with two attached hydrogens (primary N) is 1. The molecule has 1 heterocycles. The van der Waals surface area contributed by atoms with E-state index < -0.39 is 0 Å². The van der Waals surface area contributed by atoms with Gasteiger partial charge in [0, 0.05) is 19.1 Å². The Morgan fingerprint density at radius 2 is 2.44 bits per heavy atom. The van der Waals surface area contributed by atoms with Crippen LogP contribution in [-0.4, -0.2) is 32.9 Å². The third-order valence-corrected chi connectivity index (χ3v) is 3.74. The first-order valence-corrected chi connectivity index (χ1v) is 6.91. The summed E-state index contributed by atoms with van der Waals surface area (Å²) >= 11 is 3.48. The van der Waals surface area contributed by atoms with Gasteiger partial charge >= 0.3 is 0 Å². The lowest BCUT2D eigenvalue weighted by molar-refractivity contribution is 0.0195.